The first-order valence-corrected chi connectivity index (χ1v) is 9.67. The molecular weight excluding hydrogens is 414 g/mol. The minimum Gasteiger partial charge on any atom is -0.384 e. The highest BCUT2D eigenvalue weighted by Crippen LogP contribution is 2.27. The molecule has 0 saturated carbocycles. The van der Waals surface area contributed by atoms with Gasteiger partial charge in [-0.2, -0.15) is 0 Å². The van der Waals surface area contributed by atoms with Crippen LogP contribution in [0.15, 0.2) is 47.3 Å². The number of aromatic nitrogens is 2. The molecule has 1 heterocycles. The van der Waals surface area contributed by atoms with Crippen LogP contribution in [0.3, 0.4) is 0 Å². The molecule has 164 valence electrons. The Balaban J connectivity index is 0.00000341. The topological polar surface area (TPSA) is 105 Å². The number of carbonyl (C=O) groups is 1. The van der Waals surface area contributed by atoms with Crippen LogP contribution in [0.4, 0.5) is 0 Å². The fourth-order valence-corrected chi connectivity index (χ4v) is 3.57. The van der Waals surface area contributed by atoms with Crippen molar-refractivity contribution in [3.8, 4) is 0 Å². The number of hydrogen-bond donors (Lipinski definition) is 2. The highest BCUT2D eigenvalue weighted by atomic mass is 35.5. The predicted octanol–water partition coefficient (Wildman–Crippen LogP) is 2.60. The average molecular weight is 442 g/mol. The molecule has 0 aliphatic carbocycles. The van der Waals surface area contributed by atoms with Gasteiger partial charge in [0.15, 0.2) is 0 Å². The van der Waals surface area contributed by atoms with Crippen molar-refractivity contribution < 1.29 is 4.79 Å². The molecule has 0 spiro atoms. The number of amides is 1. The van der Waals surface area contributed by atoms with Gasteiger partial charge in [0.2, 0.25) is 5.91 Å². The van der Waals surface area contributed by atoms with E-state index < -0.39 is 5.41 Å². The summed E-state index contributed by atoms with van der Waals surface area (Å²) in [5, 5.41) is 7.49. The van der Waals surface area contributed by atoms with Gasteiger partial charge < -0.3 is 15.2 Å². The van der Waals surface area contributed by atoms with E-state index in [2.05, 4.69) is 4.98 Å². The molecule has 3 aromatic rings. The van der Waals surface area contributed by atoms with Gasteiger partial charge in [0.1, 0.15) is 11.5 Å². The summed E-state index contributed by atoms with van der Waals surface area (Å²) in [6.45, 7) is 3.77. The first-order chi connectivity index (χ1) is 14.0. The summed E-state index contributed by atoms with van der Waals surface area (Å²) in [5.41, 5.74) is 8.83. The SMILES string of the molecule is CN(C)C(=O)C(C)(C)c1ccc2c(c1)nc(Cc1ccc(C(=N)N)cc1)c(=O)n2C.Cl. The maximum absolute atomic E-state index is 12.8. The maximum atomic E-state index is 12.8. The average Bonchev–Trinajstić information content (AvgIpc) is 2.71. The molecule has 1 aromatic heterocycles. The van der Waals surface area contributed by atoms with Crippen LogP contribution in [0, 0.1) is 5.41 Å². The molecule has 0 radical (unpaired) electrons. The Morgan fingerprint density at radius 3 is 2.32 bits per heavy atom. The molecule has 0 aliphatic rings. The molecule has 0 unspecified atom stereocenters. The van der Waals surface area contributed by atoms with Crippen molar-refractivity contribution in [1.29, 1.82) is 5.41 Å². The van der Waals surface area contributed by atoms with Gasteiger partial charge in [-0.25, -0.2) is 4.98 Å². The minimum absolute atomic E-state index is 0. The van der Waals surface area contributed by atoms with Crippen LogP contribution in [0.25, 0.3) is 11.0 Å². The van der Waals surface area contributed by atoms with Crippen LogP contribution in [-0.4, -0.2) is 40.3 Å². The molecule has 31 heavy (non-hydrogen) atoms. The normalized spacial score (nSPS) is 11.1. The van der Waals surface area contributed by atoms with Crippen molar-refractivity contribution in [3.05, 3.63) is 75.2 Å². The Bertz CT molecular complexity index is 1200. The van der Waals surface area contributed by atoms with E-state index in [1.54, 1.807) is 42.7 Å². The third kappa shape index (κ3) is 4.61. The highest BCUT2D eigenvalue weighted by Gasteiger charge is 2.31. The van der Waals surface area contributed by atoms with Crippen LogP contribution in [0.2, 0.25) is 0 Å². The fraction of sp³-hybridized carbons (Fsp3) is 0.304. The lowest BCUT2D eigenvalue weighted by molar-refractivity contribution is -0.133. The summed E-state index contributed by atoms with van der Waals surface area (Å²) < 4.78 is 1.59. The van der Waals surface area contributed by atoms with Crippen LogP contribution in [0.5, 0.6) is 0 Å². The molecule has 7 nitrogen and oxygen atoms in total. The fourth-order valence-electron chi connectivity index (χ4n) is 3.57. The van der Waals surface area contributed by atoms with E-state index in [9.17, 15) is 9.59 Å². The van der Waals surface area contributed by atoms with E-state index in [0.29, 0.717) is 28.7 Å². The lowest BCUT2D eigenvalue weighted by Gasteiger charge is -2.27. The lowest BCUT2D eigenvalue weighted by Crippen LogP contribution is -2.39. The maximum Gasteiger partial charge on any atom is 0.272 e. The Hall–Kier alpha value is -3.19. The Kier molecular flexibility index (Phi) is 6.91. The Labute approximate surface area is 187 Å². The first kappa shape index (κ1) is 24.1. The molecule has 1 amide bonds. The molecule has 0 aliphatic heterocycles. The van der Waals surface area contributed by atoms with Crippen LogP contribution in [0.1, 0.15) is 36.2 Å². The van der Waals surface area contributed by atoms with E-state index in [1.165, 1.54) is 0 Å². The number of nitrogens with two attached hydrogens (primary N) is 1. The molecule has 0 atom stereocenters. The molecule has 0 saturated heterocycles. The highest BCUT2D eigenvalue weighted by molar-refractivity contribution is 5.94. The number of nitrogens with zero attached hydrogens (tertiary/aromatic N) is 3. The number of nitrogens with one attached hydrogen (secondary N) is 1. The summed E-state index contributed by atoms with van der Waals surface area (Å²) in [6.07, 6.45) is 0.366. The number of fused-ring (bicyclic) bond motifs is 1. The number of aryl methyl sites for hydroxylation is 1. The molecule has 0 bridgehead atoms. The largest absolute Gasteiger partial charge is 0.384 e. The zero-order valence-corrected chi connectivity index (χ0v) is 19.2. The summed E-state index contributed by atoms with van der Waals surface area (Å²) >= 11 is 0. The molecular formula is C23H28ClN5O2. The predicted molar refractivity (Wildman–Crippen MR) is 126 cm³/mol. The summed E-state index contributed by atoms with van der Waals surface area (Å²) in [7, 11) is 5.20. The third-order valence-corrected chi connectivity index (χ3v) is 5.44. The van der Waals surface area contributed by atoms with Gasteiger partial charge in [-0.3, -0.25) is 15.0 Å². The van der Waals surface area contributed by atoms with E-state index >= 15 is 0 Å². The van der Waals surface area contributed by atoms with Crippen LogP contribution in [-0.2, 0) is 23.7 Å². The van der Waals surface area contributed by atoms with Crippen molar-refractivity contribution in [1.82, 2.24) is 14.5 Å². The van der Waals surface area contributed by atoms with Gasteiger partial charge in [-0.1, -0.05) is 30.3 Å². The third-order valence-electron chi connectivity index (χ3n) is 5.44. The number of rotatable bonds is 5. The van der Waals surface area contributed by atoms with Gasteiger partial charge in [0, 0.05) is 33.1 Å². The van der Waals surface area contributed by atoms with Crippen molar-refractivity contribution in [2.45, 2.75) is 25.7 Å². The second-order valence-corrected chi connectivity index (χ2v) is 8.24. The number of likely N-dealkylation sites (N-methyl/N-ethyl adjacent to an activating group) is 1. The lowest BCUT2D eigenvalue weighted by atomic mass is 9.83. The molecule has 3 rings (SSSR count). The standard InChI is InChI=1S/C23H27N5O2.ClH/c1-23(2,22(30)27(3)4)16-10-11-19-17(13-16)26-18(21(29)28(19)5)12-14-6-8-15(9-7-14)20(24)25;/h6-11,13H,12H2,1-5H3,(H3,24,25);1H. The Morgan fingerprint density at radius 1 is 1.16 bits per heavy atom. The smallest absolute Gasteiger partial charge is 0.272 e. The zero-order valence-electron chi connectivity index (χ0n) is 18.4. The second kappa shape index (κ2) is 8.89. The van der Waals surface area contributed by atoms with E-state index in [0.717, 1.165) is 11.1 Å². The zero-order chi connectivity index (χ0) is 22.2. The minimum atomic E-state index is -0.712. The Morgan fingerprint density at radius 2 is 1.77 bits per heavy atom. The first-order valence-electron chi connectivity index (χ1n) is 9.67. The van der Waals surface area contributed by atoms with E-state index in [4.69, 9.17) is 11.1 Å². The quantitative estimate of drug-likeness (QED) is 0.469. The van der Waals surface area contributed by atoms with Gasteiger partial charge in [-0.05, 0) is 37.1 Å². The number of halogens is 1. The number of hydrogen-bond acceptors (Lipinski definition) is 4. The monoisotopic (exact) mass is 441 g/mol. The molecule has 0 fully saturated rings. The summed E-state index contributed by atoms with van der Waals surface area (Å²) in [6, 6.07) is 12.8. The van der Waals surface area contributed by atoms with E-state index in [1.807, 2.05) is 44.2 Å². The number of amidine groups is 1. The molecule has 2 aromatic carbocycles. The number of benzene rings is 2. The van der Waals surface area contributed by atoms with Gasteiger partial charge in [-0.15, -0.1) is 12.4 Å². The van der Waals surface area contributed by atoms with Crippen molar-refractivity contribution in [2.24, 2.45) is 12.8 Å². The summed E-state index contributed by atoms with van der Waals surface area (Å²) in [4.78, 5) is 31.7. The van der Waals surface area contributed by atoms with Gasteiger partial charge in [0.05, 0.1) is 16.4 Å². The van der Waals surface area contributed by atoms with Crippen molar-refractivity contribution in [2.75, 3.05) is 14.1 Å². The van der Waals surface area contributed by atoms with Crippen molar-refractivity contribution >= 4 is 35.2 Å². The number of carbonyl (C=O) groups excluding carboxylic acids is 1. The van der Waals surface area contributed by atoms with Gasteiger partial charge >= 0.3 is 0 Å². The van der Waals surface area contributed by atoms with Gasteiger partial charge in [0.25, 0.3) is 5.56 Å². The van der Waals surface area contributed by atoms with Crippen molar-refractivity contribution in [3.63, 3.8) is 0 Å². The molecule has 3 N–H and O–H groups in total. The second-order valence-electron chi connectivity index (χ2n) is 8.24. The number of nitrogen functional groups attached to an aromatic ring is 1. The van der Waals surface area contributed by atoms with E-state index in [-0.39, 0.29) is 29.7 Å². The molecule has 8 heteroatoms. The van der Waals surface area contributed by atoms with Crippen LogP contribution >= 0.6 is 12.4 Å². The van der Waals surface area contributed by atoms with Crippen LogP contribution < -0.4 is 11.3 Å². The summed E-state index contributed by atoms with van der Waals surface area (Å²) in [5.74, 6) is 0.00108.